The number of para-hydroxylation sites is 1. The molecule has 2 N–H and O–H groups in total. The second-order valence-electron chi connectivity index (χ2n) is 5.26. The first-order valence-electron chi connectivity index (χ1n) is 7.19. The molecule has 21 heavy (non-hydrogen) atoms. The van der Waals surface area contributed by atoms with Crippen molar-refractivity contribution in [3.63, 3.8) is 0 Å². The fraction of sp³-hybridized carbons (Fsp3) is 0.375. The fourth-order valence-corrected chi connectivity index (χ4v) is 2.93. The van der Waals surface area contributed by atoms with E-state index in [0.29, 0.717) is 24.2 Å². The van der Waals surface area contributed by atoms with Crippen LogP contribution < -0.4 is 15.4 Å². The van der Waals surface area contributed by atoms with Crippen molar-refractivity contribution in [2.24, 2.45) is 5.73 Å². The highest BCUT2D eigenvalue weighted by atomic mass is 16.5. The van der Waals surface area contributed by atoms with Gasteiger partial charge in [0.1, 0.15) is 11.6 Å². The number of hydrogen-bond donors (Lipinski definition) is 1. The Labute approximate surface area is 124 Å². The molecule has 0 saturated carbocycles. The molecule has 0 saturated heterocycles. The third-order valence-electron chi connectivity index (χ3n) is 3.87. The van der Waals surface area contributed by atoms with E-state index in [9.17, 15) is 0 Å². The van der Waals surface area contributed by atoms with Crippen LogP contribution in [0.25, 0.3) is 0 Å². The largest absolute Gasteiger partial charge is 0.481 e. The topological polar surface area (TPSA) is 64.3 Å². The fourth-order valence-electron chi connectivity index (χ4n) is 2.93. The van der Waals surface area contributed by atoms with Crippen LogP contribution in [0.2, 0.25) is 0 Å². The third-order valence-corrected chi connectivity index (χ3v) is 3.87. The standard InChI is InChI=1S/C16H20N4O/c1-11-18-15(9-16(19-11)21-2)20-10-12(7-8-17)13-5-3-4-6-14(13)20/h3-6,9,12H,7-8,10,17H2,1-2H3. The maximum absolute atomic E-state index is 5.76. The van der Waals surface area contributed by atoms with Crippen LogP contribution in [0.15, 0.2) is 30.3 Å². The number of methoxy groups -OCH3 is 1. The Morgan fingerprint density at radius 1 is 1.33 bits per heavy atom. The van der Waals surface area contributed by atoms with Gasteiger partial charge in [0, 0.05) is 24.2 Å². The van der Waals surface area contributed by atoms with Gasteiger partial charge in [0.15, 0.2) is 0 Å². The van der Waals surface area contributed by atoms with Gasteiger partial charge in [-0.1, -0.05) is 18.2 Å². The molecule has 1 aromatic heterocycles. The molecule has 3 rings (SSSR count). The Kier molecular flexibility index (Phi) is 3.75. The normalized spacial score (nSPS) is 16.9. The third kappa shape index (κ3) is 2.56. The molecule has 2 aromatic rings. The summed E-state index contributed by atoms with van der Waals surface area (Å²) in [6, 6.07) is 10.3. The summed E-state index contributed by atoms with van der Waals surface area (Å²) in [6.07, 6.45) is 0.981. The van der Waals surface area contributed by atoms with Gasteiger partial charge in [0.25, 0.3) is 0 Å². The SMILES string of the molecule is COc1cc(N2CC(CCN)c3ccccc32)nc(C)n1. The minimum atomic E-state index is 0.451. The summed E-state index contributed by atoms with van der Waals surface area (Å²) in [5.74, 6) is 2.64. The lowest BCUT2D eigenvalue weighted by molar-refractivity contribution is 0.395. The highest BCUT2D eigenvalue weighted by Gasteiger charge is 2.29. The summed E-state index contributed by atoms with van der Waals surface area (Å²) in [5, 5.41) is 0. The number of fused-ring (bicyclic) bond motifs is 1. The van der Waals surface area contributed by atoms with Crippen LogP contribution in [0.1, 0.15) is 23.7 Å². The van der Waals surface area contributed by atoms with Crippen molar-refractivity contribution in [3.05, 3.63) is 41.7 Å². The summed E-state index contributed by atoms with van der Waals surface area (Å²) in [7, 11) is 1.63. The van der Waals surface area contributed by atoms with Crippen LogP contribution in [0.4, 0.5) is 11.5 Å². The lowest BCUT2D eigenvalue weighted by Crippen LogP contribution is -2.19. The molecule has 110 valence electrons. The molecule has 1 aromatic carbocycles. The number of rotatable bonds is 4. The monoisotopic (exact) mass is 284 g/mol. The smallest absolute Gasteiger partial charge is 0.218 e. The molecule has 5 nitrogen and oxygen atoms in total. The predicted molar refractivity (Wildman–Crippen MR) is 83.2 cm³/mol. The van der Waals surface area contributed by atoms with Gasteiger partial charge in [-0.05, 0) is 31.5 Å². The zero-order valence-corrected chi connectivity index (χ0v) is 12.4. The molecule has 0 bridgehead atoms. The van der Waals surface area contributed by atoms with Crippen LogP contribution in [0, 0.1) is 6.92 Å². The summed E-state index contributed by atoms with van der Waals surface area (Å²) in [4.78, 5) is 11.0. The number of ether oxygens (including phenoxy) is 1. The van der Waals surface area contributed by atoms with E-state index in [1.165, 1.54) is 11.3 Å². The van der Waals surface area contributed by atoms with E-state index in [1.807, 2.05) is 13.0 Å². The summed E-state index contributed by atoms with van der Waals surface area (Å²) in [6.45, 7) is 3.47. The van der Waals surface area contributed by atoms with Crippen LogP contribution in [0.3, 0.4) is 0 Å². The molecule has 5 heteroatoms. The molecule has 0 aliphatic carbocycles. The number of benzene rings is 1. The predicted octanol–water partition coefficient (Wildman–Crippen LogP) is 2.38. The molecular formula is C16H20N4O. The maximum Gasteiger partial charge on any atom is 0.218 e. The number of anilines is 2. The quantitative estimate of drug-likeness (QED) is 0.934. The van der Waals surface area contributed by atoms with Crippen LogP contribution in [-0.2, 0) is 0 Å². The molecule has 1 aliphatic rings. The van der Waals surface area contributed by atoms with Crippen molar-refractivity contribution < 1.29 is 4.74 Å². The van der Waals surface area contributed by atoms with Crippen LogP contribution >= 0.6 is 0 Å². The minimum absolute atomic E-state index is 0.451. The summed E-state index contributed by atoms with van der Waals surface area (Å²) >= 11 is 0. The van der Waals surface area contributed by atoms with E-state index in [1.54, 1.807) is 7.11 Å². The van der Waals surface area contributed by atoms with Crippen molar-refractivity contribution >= 4 is 11.5 Å². The van der Waals surface area contributed by atoms with Crippen LogP contribution in [0.5, 0.6) is 5.88 Å². The first-order valence-corrected chi connectivity index (χ1v) is 7.19. The van der Waals surface area contributed by atoms with Crippen molar-refractivity contribution in [2.75, 3.05) is 25.1 Å². The van der Waals surface area contributed by atoms with Gasteiger partial charge in [-0.2, -0.15) is 4.98 Å². The number of aryl methyl sites for hydroxylation is 1. The highest BCUT2D eigenvalue weighted by molar-refractivity contribution is 5.69. The van der Waals surface area contributed by atoms with Crippen molar-refractivity contribution in [2.45, 2.75) is 19.3 Å². The Bertz CT molecular complexity index is 644. The molecule has 1 aliphatic heterocycles. The Balaban J connectivity index is 2.02. The number of hydrogen-bond acceptors (Lipinski definition) is 5. The van der Waals surface area contributed by atoms with Gasteiger partial charge in [0.2, 0.25) is 5.88 Å². The zero-order valence-electron chi connectivity index (χ0n) is 12.4. The first kappa shape index (κ1) is 13.8. The molecule has 0 radical (unpaired) electrons. The minimum Gasteiger partial charge on any atom is -0.481 e. The number of aromatic nitrogens is 2. The molecule has 0 amide bonds. The van der Waals surface area contributed by atoms with Crippen LogP contribution in [-0.4, -0.2) is 30.2 Å². The van der Waals surface area contributed by atoms with Crippen molar-refractivity contribution in [1.29, 1.82) is 0 Å². The van der Waals surface area contributed by atoms with Gasteiger partial charge in [-0.25, -0.2) is 4.98 Å². The van der Waals surface area contributed by atoms with E-state index >= 15 is 0 Å². The van der Waals surface area contributed by atoms with E-state index in [2.05, 4.69) is 39.1 Å². The van der Waals surface area contributed by atoms with E-state index in [-0.39, 0.29) is 0 Å². The molecular weight excluding hydrogens is 264 g/mol. The second kappa shape index (κ2) is 5.69. The average molecular weight is 284 g/mol. The van der Waals surface area contributed by atoms with Crippen molar-refractivity contribution in [1.82, 2.24) is 9.97 Å². The van der Waals surface area contributed by atoms with Gasteiger partial charge in [0.05, 0.1) is 7.11 Å². The first-order chi connectivity index (χ1) is 10.2. The Morgan fingerprint density at radius 2 is 2.14 bits per heavy atom. The van der Waals surface area contributed by atoms with E-state index in [4.69, 9.17) is 10.5 Å². The Hall–Kier alpha value is -2.14. The number of nitrogens with zero attached hydrogens (tertiary/aromatic N) is 3. The van der Waals surface area contributed by atoms with Crippen molar-refractivity contribution in [3.8, 4) is 5.88 Å². The number of nitrogens with two attached hydrogens (primary N) is 1. The average Bonchev–Trinajstić information content (AvgIpc) is 2.86. The van der Waals surface area contributed by atoms with E-state index in [0.717, 1.165) is 18.8 Å². The van der Waals surface area contributed by atoms with E-state index < -0.39 is 0 Å². The summed E-state index contributed by atoms with van der Waals surface area (Å²) < 4.78 is 5.26. The van der Waals surface area contributed by atoms with Gasteiger partial charge in [-0.15, -0.1) is 0 Å². The maximum atomic E-state index is 5.76. The van der Waals surface area contributed by atoms with Gasteiger partial charge in [-0.3, -0.25) is 0 Å². The Morgan fingerprint density at radius 3 is 2.90 bits per heavy atom. The molecule has 0 spiro atoms. The lowest BCUT2D eigenvalue weighted by Gasteiger charge is -2.19. The zero-order chi connectivity index (χ0) is 14.8. The second-order valence-corrected chi connectivity index (χ2v) is 5.26. The molecule has 0 fully saturated rings. The van der Waals surface area contributed by atoms with Gasteiger partial charge >= 0.3 is 0 Å². The molecule has 1 unspecified atom stereocenters. The summed E-state index contributed by atoms with van der Waals surface area (Å²) in [5.41, 5.74) is 8.31. The lowest BCUT2D eigenvalue weighted by atomic mass is 9.98. The van der Waals surface area contributed by atoms with Gasteiger partial charge < -0.3 is 15.4 Å². The molecule has 2 heterocycles. The molecule has 1 atom stereocenters. The highest BCUT2D eigenvalue weighted by Crippen LogP contribution is 2.41.